The summed E-state index contributed by atoms with van der Waals surface area (Å²) < 4.78 is 13.3. The van der Waals surface area contributed by atoms with Gasteiger partial charge < -0.3 is 15.1 Å². The number of piperidine rings is 1. The van der Waals surface area contributed by atoms with Gasteiger partial charge in [-0.05, 0) is 50.1 Å². The van der Waals surface area contributed by atoms with E-state index in [1.165, 1.54) is 12.1 Å². The van der Waals surface area contributed by atoms with Gasteiger partial charge >= 0.3 is 6.03 Å². The highest BCUT2D eigenvalue weighted by molar-refractivity contribution is 8.00. The molecule has 0 atom stereocenters. The highest BCUT2D eigenvalue weighted by Gasteiger charge is 2.47. The number of carbonyl (C=O) groups excluding carboxylic acids is 2. The third kappa shape index (κ3) is 4.10. The van der Waals surface area contributed by atoms with Crippen molar-refractivity contribution in [3.05, 3.63) is 65.5 Å². The zero-order valence-corrected chi connectivity index (χ0v) is 17.2. The van der Waals surface area contributed by atoms with Gasteiger partial charge in [0, 0.05) is 36.6 Å². The van der Waals surface area contributed by atoms with Gasteiger partial charge in [-0.3, -0.25) is 4.79 Å². The number of benzene rings is 2. The summed E-state index contributed by atoms with van der Waals surface area (Å²) in [5.41, 5.74) is 2.29. The van der Waals surface area contributed by atoms with E-state index in [0.29, 0.717) is 24.3 Å². The predicted octanol–water partition coefficient (Wildman–Crippen LogP) is 4.35. The summed E-state index contributed by atoms with van der Waals surface area (Å²) in [5, 5.41) is 2.76. The zero-order valence-electron chi connectivity index (χ0n) is 16.4. The molecule has 2 saturated heterocycles. The molecule has 2 heterocycles. The summed E-state index contributed by atoms with van der Waals surface area (Å²) in [4.78, 5) is 29.1. The third-order valence-electron chi connectivity index (χ3n) is 5.63. The number of thioether (sulfide) groups is 1. The molecule has 7 heteroatoms. The second kappa shape index (κ2) is 8.06. The van der Waals surface area contributed by atoms with Crippen molar-refractivity contribution >= 4 is 29.4 Å². The first-order chi connectivity index (χ1) is 14.0. The van der Waals surface area contributed by atoms with Crippen molar-refractivity contribution in [2.75, 3.05) is 30.7 Å². The maximum Gasteiger partial charge on any atom is 0.321 e. The molecule has 29 heavy (non-hydrogen) atoms. The number of hydrogen-bond acceptors (Lipinski definition) is 3. The van der Waals surface area contributed by atoms with Crippen LogP contribution in [-0.2, 0) is 0 Å². The van der Waals surface area contributed by atoms with Gasteiger partial charge in [0.1, 0.15) is 5.82 Å². The third-order valence-corrected chi connectivity index (χ3v) is 7.18. The number of carbonyl (C=O) groups is 2. The molecule has 0 aromatic heterocycles. The molecule has 2 aromatic rings. The maximum absolute atomic E-state index is 13.3. The van der Waals surface area contributed by atoms with E-state index < -0.39 is 0 Å². The van der Waals surface area contributed by atoms with Gasteiger partial charge in [0.25, 0.3) is 5.91 Å². The van der Waals surface area contributed by atoms with Crippen LogP contribution in [0.1, 0.15) is 28.8 Å². The first-order valence-corrected chi connectivity index (χ1v) is 10.8. The standard InChI is InChI=1S/C22H24FN3O2S/c1-16-5-7-17(8-6-16)20(27)26-13-14-29-22(26)9-11-25(12-10-22)21(28)24-19-4-2-3-18(23)15-19/h2-8,15H,9-14H2,1H3,(H,24,28). The lowest BCUT2D eigenvalue weighted by Crippen LogP contribution is -2.54. The topological polar surface area (TPSA) is 52.7 Å². The van der Waals surface area contributed by atoms with Crippen molar-refractivity contribution in [2.45, 2.75) is 24.6 Å². The van der Waals surface area contributed by atoms with Crippen LogP contribution in [0.5, 0.6) is 0 Å². The number of hydrogen-bond donors (Lipinski definition) is 1. The number of rotatable bonds is 2. The smallest absolute Gasteiger partial charge is 0.321 e. The number of aryl methyl sites for hydroxylation is 1. The quantitative estimate of drug-likeness (QED) is 0.797. The SMILES string of the molecule is Cc1ccc(C(=O)N2CCSC23CCN(C(=O)Nc2cccc(F)c2)CC3)cc1. The highest BCUT2D eigenvalue weighted by Crippen LogP contribution is 2.44. The fourth-order valence-corrected chi connectivity index (χ4v) is 5.44. The van der Waals surface area contributed by atoms with Gasteiger partial charge in [-0.2, -0.15) is 0 Å². The van der Waals surface area contributed by atoms with E-state index in [-0.39, 0.29) is 22.6 Å². The highest BCUT2D eigenvalue weighted by atomic mass is 32.2. The van der Waals surface area contributed by atoms with Gasteiger partial charge in [-0.1, -0.05) is 23.8 Å². The Morgan fingerprint density at radius 3 is 2.48 bits per heavy atom. The van der Waals surface area contributed by atoms with E-state index in [1.807, 2.05) is 47.9 Å². The van der Waals surface area contributed by atoms with E-state index in [1.54, 1.807) is 17.0 Å². The van der Waals surface area contributed by atoms with Gasteiger partial charge in [0.15, 0.2) is 0 Å². The molecule has 0 aliphatic carbocycles. The molecule has 0 bridgehead atoms. The van der Waals surface area contributed by atoms with Crippen LogP contribution in [0.15, 0.2) is 48.5 Å². The largest absolute Gasteiger partial charge is 0.324 e. The number of anilines is 1. The fourth-order valence-electron chi connectivity index (χ4n) is 3.99. The molecular weight excluding hydrogens is 389 g/mol. The molecule has 2 aromatic carbocycles. The summed E-state index contributed by atoms with van der Waals surface area (Å²) >= 11 is 1.82. The van der Waals surface area contributed by atoms with Crippen molar-refractivity contribution in [1.29, 1.82) is 0 Å². The Bertz CT molecular complexity index is 911. The molecule has 2 fully saturated rings. The van der Waals surface area contributed by atoms with Crippen LogP contribution < -0.4 is 5.32 Å². The van der Waals surface area contributed by atoms with E-state index in [4.69, 9.17) is 0 Å². The summed E-state index contributed by atoms with van der Waals surface area (Å²) in [6, 6.07) is 13.3. The molecule has 4 rings (SSSR count). The molecule has 5 nitrogen and oxygen atoms in total. The molecule has 1 N–H and O–H groups in total. The van der Waals surface area contributed by atoms with Gasteiger partial charge in [-0.25, -0.2) is 9.18 Å². The number of urea groups is 1. The summed E-state index contributed by atoms with van der Waals surface area (Å²) in [5.74, 6) is 0.591. The van der Waals surface area contributed by atoms with Crippen LogP contribution in [-0.4, -0.2) is 52.0 Å². The molecule has 1 spiro atoms. The lowest BCUT2D eigenvalue weighted by molar-refractivity contribution is 0.0585. The first-order valence-electron chi connectivity index (χ1n) is 9.81. The summed E-state index contributed by atoms with van der Waals surface area (Å²) in [7, 11) is 0. The predicted molar refractivity (Wildman–Crippen MR) is 114 cm³/mol. The molecule has 0 unspecified atom stereocenters. The van der Waals surface area contributed by atoms with Crippen molar-refractivity contribution in [3.63, 3.8) is 0 Å². The molecular formula is C22H24FN3O2S. The average Bonchev–Trinajstić information content (AvgIpc) is 3.11. The maximum atomic E-state index is 13.3. The van der Waals surface area contributed by atoms with Crippen molar-refractivity contribution in [1.82, 2.24) is 9.80 Å². The molecule has 152 valence electrons. The van der Waals surface area contributed by atoms with Crippen molar-refractivity contribution < 1.29 is 14.0 Å². The summed E-state index contributed by atoms with van der Waals surface area (Å²) in [6.45, 7) is 3.86. The Balaban J connectivity index is 1.41. The van der Waals surface area contributed by atoms with Crippen LogP contribution in [0.25, 0.3) is 0 Å². The van der Waals surface area contributed by atoms with Gasteiger partial charge in [-0.15, -0.1) is 11.8 Å². The number of amides is 3. The lowest BCUT2D eigenvalue weighted by Gasteiger charge is -2.44. The van der Waals surface area contributed by atoms with E-state index in [0.717, 1.165) is 30.7 Å². The molecule has 3 amide bonds. The molecule has 2 aliphatic rings. The Morgan fingerprint density at radius 2 is 1.79 bits per heavy atom. The Hall–Kier alpha value is -2.54. The van der Waals surface area contributed by atoms with Crippen LogP contribution in [0, 0.1) is 12.7 Å². The number of nitrogens with zero attached hydrogens (tertiary/aromatic N) is 2. The minimum Gasteiger partial charge on any atom is -0.324 e. The van der Waals surface area contributed by atoms with E-state index >= 15 is 0 Å². The second-order valence-electron chi connectivity index (χ2n) is 7.55. The van der Waals surface area contributed by atoms with Gasteiger partial charge in [0.05, 0.1) is 4.87 Å². The van der Waals surface area contributed by atoms with Crippen LogP contribution in [0.3, 0.4) is 0 Å². The van der Waals surface area contributed by atoms with Crippen LogP contribution in [0.2, 0.25) is 0 Å². The molecule has 0 radical (unpaired) electrons. The van der Waals surface area contributed by atoms with Crippen molar-refractivity contribution in [2.24, 2.45) is 0 Å². The Morgan fingerprint density at radius 1 is 1.07 bits per heavy atom. The number of nitrogens with one attached hydrogen (secondary N) is 1. The average molecular weight is 414 g/mol. The van der Waals surface area contributed by atoms with E-state index in [2.05, 4.69) is 5.32 Å². The van der Waals surface area contributed by atoms with E-state index in [9.17, 15) is 14.0 Å². The Kier molecular flexibility index (Phi) is 5.50. The van der Waals surface area contributed by atoms with Crippen LogP contribution in [0.4, 0.5) is 14.9 Å². The van der Waals surface area contributed by atoms with Crippen LogP contribution >= 0.6 is 11.8 Å². The number of halogens is 1. The lowest BCUT2D eigenvalue weighted by atomic mass is 10.0. The monoisotopic (exact) mass is 413 g/mol. The van der Waals surface area contributed by atoms with Crippen molar-refractivity contribution in [3.8, 4) is 0 Å². The minimum atomic E-state index is -0.381. The molecule has 0 saturated carbocycles. The summed E-state index contributed by atoms with van der Waals surface area (Å²) in [6.07, 6.45) is 1.46. The molecule has 2 aliphatic heterocycles. The first kappa shape index (κ1) is 19.8. The fraction of sp³-hybridized carbons (Fsp3) is 0.364. The minimum absolute atomic E-state index is 0.0627. The van der Waals surface area contributed by atoms with Gasteiger partial charge in [0.2, 0.25) is 0 Å². The zero-order chi connectivity index (χ0) is 20.4. The normalized spacial score (nSPS) is 18.1. The Labute approximate surface area is 174 Å². The second-order valence-corrected chi connectivity index (χ2v) is 9.00. The number of likely N-dealkylation sites (tertiary alicyclic amines) is 1.